The monoisotopic (exact) mass is 381 g/mol. The molecule has 7 nitrogen and oxygen atoms in total. The first-order valence-electron chi connectivity index (χ1n) is 9.13. The minimum atomic E-state index is -1.07. The van der Waals surface area contributed by atoms with Crippen LogP contribution in [0.1, 0.15) is 18.7 Å². The van der Waals surface area contributed by atoms with Crippen LogP contribution in [0.4, 0.5) is 0 Å². The molecule has 0 saturated carbocycles. The molecule has 3 rings (SSSR count). The second-order valence-electron chi connectivity index (χ2n) is 6.43. The first-order chi connectivity index (χ1) is 13.6. The maximum Gasteiger partial charge on any atom is 0.326 e. The molecule has 1 aromatic heterocycles. The molecule has 7 heteroatoms. The van der Waals surface area contributed by atoms with Crippen LogP contribution in [0.25, 0.3) is 16.7 Å². The van der Waals surface area contributed by atoms with E-state index in [2.05, 4.69) is 10.3 Å². The summed E-state index contributed by atoms with van der Waals surface area (Å²) in [5, 5.41) is 11.8. The lowest BCUT2D eigenvalue weighted by molar-refractivity contribution is -0.142. The van der Waals surface area contributed by atoms with E-state index in [4.69, 9.17) is 4.74 Å². The summed E-state index contributed by atoms with van der Waals surface area (Å²) in [6.07, 6.45) is 0.763. The summed E-state index contributed by atoms with van der Waals surface area (Å²) in [6.45, 7) is 0.265. The van der Waals surface area contributed by atoms with Crippen molar-refractivity contribution < 1.29 is 19.4 Å². The standard InChI is InChI=1S/C21H23N3O4/c1-28-14-13-17(21(26)27)23-20(25)12-11-19-22-16-9-5-6-10-18(16)24(19)15-7-3-2-4-8-15/h2-10,17H,11-14H2,1H3,(H,23,25)(H,26,27). The average molecular weight is 381 g/mol. The number of nitrogens with one attached hydrogen (secondary N) is 1. The number of carboxylic acid groups (broad SMARTS) is 1. The Balaban J connectivity index is 1.77. The highest BCUT2D eigenvalue weighted by molar-refractivity contribution is 5.84. The fourth-order valence-corrected chi connectivity index (χ4v) is 3.09. The molecule has 0 fully saturated rings. The topological polar surface area (TPSA) is 93.5 Å². The third-order valence-electron chi connectivity index (χ3n) is 4.46. The fourth-order valence-electron chi connectivity index (χ4n) is 3.09. The number of carboxylic acids is 1. The number of methoxy groups -OCH3 is 1. The normalized spacial score (nSPS) is 12.0. The molecule has 3 aromatic rings. The van der Waals surface area contributed by atoms with Crippen LogP contribution < -0.4 is 5.32 Å². The number of benzene rings is 2. The molecule has 2 N–H and O–H groups in total. The highest BCUT2D eigenvalue weighted by atomic mass is 16.5. The number of aromatic nitrogens is 2. The van der Waals surface area contributed by atoms with Gasteiger partial charge in [0.1, 0.15) is 11.9 Å². The van der Waals surface area contributed by atoms with Gasteiger partial charge in [-0.25, -0.2) is 9.78 Å². The van der Waals surface area contributed by atoms with Crippen LogP contribution in [0.2, 0.25) is 0 Å². The molecule has 1 unspecified atom stereocenters. The number of ether oxygens (including phenoxy) is 1. The van der Waals surface area contributed by atoms with Crippen molar-refractivity contribution in [2.45, 2.75) is 25.3 Å². The molecule has 0 bridgehead atoms. The first kappa shape index (κ1) is 19.6. The van der Waals surface area contributed by atoms with E-state index in [1.807, 2.05) is 59.2 Å². The van der Waals surface area contributed by atoms with Gasteiger partial charge in [-0.3, -0.25) is 9.36 Å². The molecule has 1 atom stereocenters. The molecule has 1 heterocycles. The summed E-state index contributed by atoms with van der Waals surface area (Å²) >= 11 is 0. The lowest BCUT2D eigenvalue weighted by atomic mass is 10.2. The van der Waals surface area contributed by atoms with Crippen molar-refractivity contribution in [2.24, 2.45) is 0 Å². The predicted molar refractivity (Wildman–Crippen MR) is 105 cm³/mol. The van der Waals surface area contributed by atoms with Gasteiger partial charge in [0, 0.05) is 38.7 Å². The summed E-state index contributed by atoms with van der Waals surface area (Å²) in [4.78, 5) is 28.3. The zero-order valence-corrected chi connectivity index (χ0v) is 15.7. The van der Waals surface area contributed by atoms with E-state index in [9.17, 15) is 14.7 Å². The van der Waals surface area contributed by atoms with Crippen LogP contribution in [-0.4, -0.2) is 46.3 Å². The number of imidazole rings is 1. The summed E-state index contributed by atoms with van der Waals surface area (Å²) in [5.41, 5.74) is 2.79. The van der Waals surface area contributed by atoms with Crippen molar-refractivity contribution in [3.8, 4) is 5.69 Å². The Morgan fingerprint density at radius 2 is 1.86 bits per heavy atom. The van der Waals surface area contributed by atoms with E-state index in [0.717, 1.165) is 22.5 Å². The molecule has 0 radical (unpaired) electrons. The van der Waals surface area contributed by atoms with E-state index in [1.54, 1.807) is 0 Å². The van der Waals surface area contributed by atoms with Gasteiger partial charge < -0.3 is 15.2 Å². The Bertz CT molecular complexity index is 953. The zero-order valence-electron chi connectivity index (χ0n) is 15.7. The van der Waals surface area contributed by atoms with Crippen LogP contribution >= 0.6 is 0 Å². The smallest absolute Gasteiger partial charge is 0.326 e. The van der Waals surface area contributed by atoms with Gasteiger partial charge in [0.15, 0.2) is 0 Å². The highest BCUT2D eigenvalue weighted by Crippen LogP contribution is 2.22. The van der Waals surface area contributed by atoms with Crippen LogP contribution in [0.15, 0.2) is 54.6 Å². The summed E-state index contributed by atoms with van der Waals surface area (Å²) in [5.74, 6) is -0.636. The van der Waals surface area contributed by atoms with Gasteiger partial charge in [-0.15, -0.1) is 0 Å². The first-order valence-corrected chi connectivity index (χ1v) is 9.13. The number of hydrogen-bond acceptors (Lipinski definition) is 4. The van der Waals surface area contributed by atoms with Crippen molar-refractivity contribution in [2.75, 3.05) is 13.7 Å². The predicted octanol–water partition coefficient (Wildman–Crippen LogP) is 2.56. The van der Waals surface area contributed by atoms with E-state index in [-0.39, 0.29) is 25.4 Å². The minimum absolute atomic E-state index is 0.146. The molecule has 1 amide bonds. The lowest BCUT2D eigenvalue weighted by Gasteiger charge is -2.14. The van der Waals surface area contributed by atoms with Gasteiger partial charge in [-0.2, -0.15) is 0 Å². The largest absolute Gasteiger partial charge is 0.480 e. The van der Waals surface area contributed by atoms with E-state index in [1.165, 1.54) is 7.11 Å². The van der Waals surface area contributed by atoms with E-state index in [0.29, 0.717) is 6.42 Å². The van der Waals surface area contributed by atoms with Crippen molar-refractivity contribution in [3.05, 3.63) is 60.4 Å². The molecular formula is C21H23N3O4. The second kappa shape index (κ2) is 9.14. The summed E-state index contributed by atoms with van der Waals surface area (Å²) in [6, 6.07) is 16.7. The Kier molecular flexibility index (Phi) is 6.39. The molecule has 0 aliphatic carbocycles. The van der Waals surface area contributed by atoms with E-state index < -0.39 is 12.0 Å². The van der Waals surface area contributed by atoms with Crippen molar-refractivity contribution >= 4 is 22.9 Å². The minimum Gasteiger partial charge on any atom is -0.480 e. The Labute approximate surface area is 163 Å². The van der Waals surface area contributed by atoms with Crippen LogP contribution in [-0.2, 0) is 20.7 Å². The number of nitrogens with zero attached hydrogens (tertiary/aromatic N) is 2. The average Bonchev–Trinajstić information content (AvgIpc) is 3.08. The summed E-state index contributed by atoms with van der Waals surface area (Å²) < 4.78 is 6.93. The van der Waals surface area contributed by atoms with Crippen LogP contribution in [0.5, 0.6) is 0 Å². The Morgan fingerprint density at radius 3 is 2.57 bits per heavy atom. The molecule has 2 aromatic carbocycles. The van der Waals surface area contributed by atoms with Gasteiger partial charge in [0.05, 0.1) is 11.0 Å². The lowest BCUT2D eigenvalue weighted by Crippen LogP contribution is -2.41. The number of fused-ring (bicyclic) bond motifs is 1. The van der Waals surface area contributed by atoms with Crippen LogP contribution in [0, 0.1) is 0 Å². The number of carbonyl (C=O) groups excluding carboxylic acids is 1. The van der Waals surface area contributed by atoms with Crippen LogP contribution in [0.3, 0.4) is 0 Å². The quantitative estimate of drug-likeness (QED) is 0.594. The number of amides is 1. The Hall–Kier alpha value is -3.19. The third kappa shape index (κ3) is 4.55. The summed E-state index contributed by atoms with van der Waals surface area (Å²) in [7, 11) is 1.49. The fraction of sp³-hybridized carbons (Fsp3) is 0.286. The number of aryl methyl sites for hydroxylation is 1. The molecule has 0 aliphatic rings. The van der Waals surface area contributed by atoms with Gasteiger partial charge in [0.2, 0.25) is 5.91 Å². The zero-order chi connectivity index (χ0) is 19.9. The third-order valence-corrected chi connectivity index (χ3v) is 4.46. The molecule has 0 saturated heterocycles. The molecule has 28 heavy (non-hydrogen) atoms. The van der Waals surface area contributed by atoms with Crippen molar-refractivity contribution in [1.29, 1.82) is 0 Å². The number of aliphatic carboxylic acids is 1. The van der Waals surface area contributed by atoms with Gasteiger partial charge in [-0.05, 0) is 24.3 Å². The van der Waals surface area contributed by atoms with E-state index >= 15 is 0 Å². The molecular weight excluding hydrogens is 358 g/mol. The Morgan fingerprint density at radius 1 is 1.14 bits per heavy atom. The number of carbonyl (C=O) groups is 2. The molecule has 0 spiro atoms. The van der Waals surface area contributed by atoms with Crippen molar-refractivity contribution in [3.63, 3.8) is 0 Å². The van der Waals surface area contributed by atoms with Gasteiger partial charge >= 0.3 is 5.97 Å². The number of hydrogen-bond donors (Lipinski definition) is 2. The van der Waals surface area contributed by atoms with Gasteiger partial charge in [0.25, 0.3) is 0 Å². The molecule has 0 aliphatic heterocycles. The maximum atomic E-state index is 12.3. The number of rotatable bonds is 9. The highest BCUT2D eigenvalue weighted by Gasteiger charge is 2.20. The maximum absolute atomic E-state index is 12.3. The SMILES string of the molecule is COCCC(NC(=O)CCc1nc2ccccc2n1-c1ccccc1)C(=O)O. The number of para-hydroxylation sites is 3. The van der Waals surface area contributed by atoms with Crippen molar-refractivity contribution in [1.82, 2.24) is 14.9 Å². The second-order valence-corrected chi connectivity index (χ2v) is 6.43. The van der Waals surface area contributed by atoms with Gasteiger partial charge in [-0.1, -0.05) is 30.3 Å². The molecule has 146 valence electrons.